The smallest absolute Gasteiger partial charge is 0.355 e. The molecule has 184 valence electrons. The Bertz CT molecular complexity index is 1140. The lowest BCUT2D eigenvalue weighted by Gasteiger charge is -2.58. The Morgan fingerprint density at radius 1 is 1.32 bits per heavy atom. The first-order valence-electron chi connectivity index (χ1n) is 11.5. The second kappa shape index (κ2) is 6.60. The number of aliphatic hydroxyl groups excluding tert-OH is 1. The van der Waals surface area contributed by atoms with Crippen molar-refractivity contribution in [3.05, 3.63) is 47.3 Å². The van der Waals surface area contributed by atoms with E-state index in [1.54, 1.807) is 19.2 Å². The van der Waals surface area contributed by atoms with Crippen molar-refractivity contribution in [2.24, 2.45) is 11.3 Å². The van der Waals surface area contributed by atoms with E-state index in [1.807, 2.05) is 13.8 Å². The van der Waals surface area contributed by atoms with E-state index in [1.165, 1.54) is 13.0 Å². The zero-order chi connectivity index (χ0) is 25.1. The maximum atomic E-state index is 13.0. The van der Waals surface area contributed by atoms with E-state index in [0.717, 1.165) is 0 Å². The number of fused-ring (bicyclic) bond motifs is 2. The highest BCUT2D eigenvalue weighted by atomic mass is 16.6. The Labute approximate surface area is 197 Å². The van der Waals surface area contributed by atoms with Gasteiger partial charge in [0.15, 0.2) is 17.3 Å². The van der Waals surface area contributed by atoms with Crippen LogP contribution in [-0.2, 0) is 14.3 Å². The highest BCUT2D eigenvalue weighted by Gasteiger charge is 2.96. The summed E-state index contributed by atoms with van der Waals surface area (Å²) < 4.78 is 11.6. The summed E-state index contributed by atoms with van der Waals surface area (Å²) >= 11 is 0. The minimum atomic E-state index is -2.46. The van der Waals surface area contributed by atoms with Crippen molar-refractivity contribution in [3.63, 3.8) is 0 Å². The molecule has 3 fully saturated rings. The van der Waals surface area contributed by atoms with Crippen LogP contribution in [0.5, 0.6) is 0 Å². The maximum absolute atomic E-state index is 13.0. The Morgan fingerprint density at radius 3 is 2.59 bits per heavy atom. The molecule has 1 aromatic heterocycles. The lowest BCUT2D eigenvalue weighted by molar-refractivity contribution is -0.289. The largest absolute Gasteiger partial charge is 0.450 e. The van der Waals surface area contributed by atoms with Gasteiger partial charge in [-0.3, -0.25) is 4.79 Å². The van der Waals surface area contributed by atoms with Gasteiger partial charge in [-0.1, -0.05) is 27.4 Å². The predicted molar refractivity (Wildman–Crippen MR) is 118 cm³/mol. The molecule has 4 aliphatic rings. The fourth-order valence-electron chi connectivity index (χ4n) is 7.54. The van der Waals surface area contributed by atoms with Crippen LogP contribution in [0.25, 0.3) is 0 Å². The Morgan fingerprint density at radius 2 is 2.00 bits per heavy atom. The van der Waals surface area contributed by atoms with Gasteiger partial charge >= 0.3 is 11.9 Å². The van der Waals surface area contributed by atoms with Crippen LogP contribution in [0.3, 0.4) is 0 Å². The molecular weight excluding hydrogens is 442 g/mol. The summed E-state index contributed by atoms with van der Waals surface area (Å²) in [4.78, 5) is 28.7. The number of carbonyl (C=O) groups excluding carboxylic acids is 2. The van der Waals surface area contributed by atoms with Gasteiger partial charge in [0, 0.05) is 11.6 Å². The van der Waals surface area contributed by atoms with Crippen molar-refractivity contribution < 1.29 is 39.5 Å². The van der Waals surface area contributed by atoms with Crippen molar-refractivity contribution in [1.82, 2.24) is 4.98 Å². The first kappa shape index (κ1) is 23.3. The quantitative estimate of drug-likeness (QED) is 0.324. The Kier molecular flexibility index (Phi) is 4.52. The lowest BCUT2D eigenvalue weighted by Crippen LogP contribution is -2.76. The van der Waals surface area contributed by atoms with Crippen LogP contribution >= 0.6 is 0 Å². The third-order valence-corrected chi connectivity index (χ3v) is 9.11. The van der Waals surface area contributed by atoms with Gasteiger partial charge in [0.1, 0.15) is 17.4 Å². The van der Waals surface area contributed by atoms with Crippen LogP contribution in [0.15, 0.2) is 41.6 Å². The van der Waals surface area contributed by atoms with Crippen molar-refractivity contribution in [2.45, 2.75) is 81.6 Å². The number of carbonyl (C=O) groups is 2. The molecule has 2 saturated carbocycles. The molecule has 1 aliphatic heterocycles. The van der Waals surface area contributed by atoms with Gasteiger partial charge in [-0.15, -0.1) is 0 Å². The topological polar surface area (TPSA) is 149 Å². The predicted octanol–water partition coefficient (Wildman–Crippen LogP) is 1.14. The van der Waals surface area contributed by atoms with E-state index in [0.29, 0.717) is 5.57 Å². The molecule has 5 rings (SSSR count). The highest BCUT2D eigenvalue weighted by Crippen LogP contribution is 2.77. The Balaban J connectivity index is 1.82. The van der Waals surface area contributed by atoms with Gasteiger partial charge in [-0.05, 0) is 54.5 Å². The number of H-pyrrole nitrogens is 1. The minimum Gasteiger partial charge on any atom is -0.450 e. The monoisotopic (exact) mass is 473 g/mol. The SMILES string of the molecule is C=C1CC[C@]2(O)[C@]3(C)CC(=O)O[C@@]2([C@@H]1O)[C@@]1(O)C(C)=C(C(C)C)[C@@H](OC(=O)c2ccc[nH]2)[C@@]31O. The zero-order valence-electron chi connectivity index (χ0n) is 19.7. The molecule has 3 aliphatic carbocycles. The third kappa shape index (κ3) is 2.08. The molecule has 5 N–H and O–H groups in total. The molecule has 0 radical (unpaired) electrons. The van der Waals surface area contributed by atoms with Crippen LogP contribution in [0.2, 0.25) is 0 Å². The molecule has 1 saturated heterocycles. The van der Waals surface area contributed by atoms with Crippen LogP contribution in [0.4, 0.5) is 0 Å². The van der Waals surface area contributed by atoms with Gasteiger partial charge in [0.05, 0.1) is 6.42 Å². The minimum absolute atomic E-state index is 0.0150. The van der Waals surface area contributed by atoms with Gasteiger partial charge < -0.3 is 34.9 Å². The second-order valence-electron chi connectivity index (χ2n) is 10.7. The summed E-state index contributed by atoms with van der Waals surface area (Å²) in [6.45, 7) is 10.6. The van der Waals surface area contributed by atoms with Crippen molar-refractivity contribution >= 4 is 11.9 Å². The second-order valence-corrected chi connectivity index (χ2v) is 10.7. The van der Waals surface area contributed by atoms with Crippen LogP contribution in [0.1, 0.15) is 57.4 Å². The van der Waals surface area contributed by atoms with E-state index >= 15 is 0 Å². The summed E-state index contributed by atoms with van der Waals surface area (Å²) in [7, 11) is 0. The van der Waals surface area contributed by atoms with Crippen LogP contribution in [0, 0.1) is 11.3 Å². The van der Waals surface area contributed by atoms with Gasteiger partial charge in [-0.25, -0.2) is 4.79 Å². The number of esters is 2. The van der Waals surface area contributed by atoms with Crippen molar-refractivity contribution in [3.8, 4) is 0 Å². The molecule has 0 aromatic carbocycles. The zero-order valence-corrected chi connectivity index (χ0v) is 19.7. The third-order valence-electron chi connectivity index (χ3n) is 9.11. The first-order chi connectivity index (χ1) is 15.7. The summed E-state index contributed by atoms with van der Waals surface area (Å²) in [5.74, 6) is -1.85. The number of hydrogen-bond acceptors (Lipinski definition) is 8. The summed E-state index contributed by atoms with van der Waals surface area (Å²) in [5.41, 5.74) is -9.89. The number of aromatic nitrogens is 1. The van der Waals surface area contributed by atoms with E-state index in [9.17, 15) is 30.0 Å². The molecule has 2 bridgehead atoms. The molecule has 1 aromatic rings. The average molecular weight is 474 g/mol. The molecule has 7 atom stereocenters. The number of rotatable bonds is 3. The van der Waals surface area contributed by atoms with Gasteiger partial charge in [-0.2, -0.15) is 0 Å². The van der Waals surface area contributed by atoms with Crippen LogP contribution < -0.4 is 0 Å². The first-order valence-corrected chi connectivity index (χ1v) is 11.5. The maximum Gasteiger partial charge on any atom is 0.355 e. The van der Waals surface area contributed by atoms with E-state index in [4.69, 9.17) is 9.47 Å². The molecular formula is C25H31NO8. The van der Waals surface area contributed by atoms with E-state index < -0.39 is 58.4 Å². The summed E-state index contributed by atoms with van der Waals surface area (Å²) in [6, 6.07) is 3.13. The fourth-order valence-corrected chi connectivity index (χ4v) is 7.54. The number of aromatic amines is 1. The number of aliphatic hydroxyl groups is 4. The van der Waals surface area contributed by atoms with Crippen LogP contribution in [-0.4, -0.2) is 72.0 Å². The normalized spacial score (nSPS) is 45.3. The summed E-state index contributed by atoms with van der Waals surface area (Å²) in [5, 5.41) is 48.7. The Hall–Kier alpha value is -2.46. The van der Waals surface area contributed by atoms with E-state index in [-0.39, 0.29) is 35.6 Å². The van der Waals surface area contributed by atoms with Crippen molar-refractivity contribution in [1.29, 1.82) is 0 Å². The fraction of sp³-hybridized carbons (Fsp3) is 0.600. The van der Waals surface area contributed by atoms with Gasteiger partial charge in [0.2, 0.25) is 5.60 Å². The van der Waals surface area contributed by atoms with Crippen molar-refractivity contribution in [2.75, 3.05) is 0 Å². The molecule has 2 heterocycles. The molecule has 0 unspecified atom stereocenters. The number of hydrogen-bond donors (Lipinski definition) is 5. The molecule has 9 heteroatoms. The number of ether oxygens (including phenoxy) is 2. The molecule has 0 spiro atoms. The molecule has 9 nitrogen and oxygen atoms in total. The lowest BCUT2D eigenvalue weighted by atomic mass is 9.56. The molecule has 34 heavy (non-hydrogen) atoms. The van der Waals surface area contributed by atoms with Gasteiger partial charge in [0.25, 0.3) is 0 Å². The molecule has 0 amide bonds. The highest BCUT2D eigenvalue weighted by molar-refractivity contribution is 5.88. The van der Waals surface area contributed by atoms with E-state index in [2.05, 4.69) is 11.6 Å². The summed E-state index contributed by atoms with van der Waals surface area (Å²) in [6.07, 6.45) is -1.78. The standard InChI is InChI=1S/C25H31NO8/c1-12(2)17-14(4)23(31)24(32,19(17)33-20(29)15-7-6-10-26-15)21(5)11-16(27)34-25(23)18(28)13(3)8-9-22(21,25)30/h6-7,10,12,18-19,26,28,30-32H,3,8-9,11H2,1-2,4-5H3/t18-,19-,21+,22+,23-,24-,25-/m1/s1. The average Bonchev–Trinajstić information content (AvgIpc) is 3.36. The number of nitrogens with one attached hydrogen (secondary N) is 1.